The van der Waals surface area contributed by atoms with Crippen LogP contribution in [0.1, 0.15) is 19.4 Å². The van der Waals surface area contributed by atoms with Gasteiger partial charge in [0, 0.05) is 29.0 Å². The molecule has 1 aromatic heterocycles. The van der Waals surface area contributed by atoms with Crippen LogP contribution in [0.3, 0.4) is 0 Å². The van der Waals surface area contributed by atoms with Crippen LogP contribution in [0.15, 0.2) is 37.5 Å². The number of halogens is 1. The standard InChI is InChI=1S/C13H17BrN4OS/c1-8(2)15-7-9-4-5-11(10(14)6-9)20-13-17-16-12(19)18(13)3/h4-6,8,15H,7H2,1-3H3,(H,16,19). The summed E-state index contributed by atoms with van der Waals surface area (Å²) in [6, 6.07) is 6.66. The van der Waals surface area contributed by atoms with Crippen LogP contribution in [0.2, 0.25) is 0 Å². The molecule has 0 bridgehead atoms. The number of hydrogen-bond acceptors (Lipinski definition) is 4. The molecule has 0 atom stereocenters. The van der Waals surface area contributed by atoms with Crippen molar-refractivity contribution in [1.29, 1.82) is 0 Å². The second-order valence-corrected chi connectivity index (χ2v) is 6.64. The van der Waals surface area contributed by atoms with Gasteiger partial charge in [-0.3, -0.25) is 4.57 Å². The highest BCUT2D eigenvalue weighted by Gasteiger charge is 2.09. The fourth-order valence-corrected chi connectivity index (χ4v) is 3.05. The molecule has 0 aliphatic rings. The number of nitrogens with zero attached hydrogens (tertiary/aromatic N) is 2. The number of H-pyrrole nitrogens is 1. The quantitative estimate of drug-likeness (QED) is 0.863. The average molecular weight is 357 g/mol. The van der Waals surface area contributed by atoms with Gasteiger partial charge in [-0.1, -0.05) is 19.9 Å². The molecule has 0 saturated carbocycles. The van der Waals surface area contributed by atoms with Crippen LogP contribution < -0.4 is 11.0 Å². The van der Waals surface area contributed by atoms with Crippen molar-refractivity contribution in [1.82, 2.24) is 20.1 Å². The molecule has 0 aliphatic carbocycles. The van der Waals surface area contributed by atoms with Gasteiger partial charge in [0.1, 0.15) is 0 Å². The maximum Gasteiger partial charge on any atom is 0.343 e. The first-order valence-electron chi connectivity index (χ1n) is 6.28. The van der Waals surface area contributed by atoms with Crippen molar-refractivity contribution in [2.45, 2.75) is 36.5 Å². The SMILES string of the molecule is CC(C)NCc1ccc(Sc2n[nH]c(=O)n2C)c(Br)c1. The fraction of sp³-hybridized carbons (Fsp3) is 0.385. The van der Waals surface area contributed by atoms with Gasteiger partial charge in [0.15, 0.2) is 5.16 Å². The zero-order valence-electron chi connectivity index (χ0n) is 11.6. The molecule has 5 nitrogen and oxygen atoms in total. The van der Waals surface area contributed by atoms with Crippen molar-refractivity contribution in [3.63, 3.8) is 0 Å². The highest BCUT2D eigenvalue weighted by molar-refractivity contribution is 9.10. The molecule has 0 fully saturated rings. The van der Waals surface area contributed by atoms with Crippen LogP contribution in [0.4, 0.5) is 0 Å². The van der Waals surface area contributed by atoms with Gasteiger partial charge < -0.3 is 5.32 Å². The molecule has 0 saturated heterocycles. The van der Waals surface area contributed by atoms with E-state index in [4.69, 9.17) is 0 Å². The Labute approximate surface area is 130 Å². The van der Waals surface area contributed by atoms with Crippen molar-refractivity contribution in [3.05, 3.63) is 38.7 Å². The third-order valence-corrected chi connectivity index (χ3v) is 4.79. The van der Waals surface area contributed by atoms with E-state index in [-0.39, 0.29) is 5.69 Å². The lowest BCUT2D eigenvalue weighted by atomic mass is 10.2. The fourth-order valence-electron chi connectivity index (χ4n) is 1.58. The predicted molar refractivity (Wildman–Crippen MR) is 84.1 cm³/mol. The van der Waals surface area contributed by atoms with E-state index < -0.39 is 0 Å². The highest BCUT2D eigenvalue weighted by atomic mass is 79.9. The summed E-state index contributed by atoms with van der Waals surface area (Å²) in [6.07, 6.45) is 0. The van der Waals surface area contributed by atoms with Gasteiger partial charge in [-0.15, -0.1) is 5.10 Å². The molecule has 2 rings (SSSR count). The number of rotatable bonds is 5. The lowest BCUT2D eigenvalue weighted by Gasteiger charge is -2.10. The Morgan fingerprint density at radius 1 is 1.50 bits per heavy atom. The van der Waals surface area contributed by atoms with Crippen LogP contribution >= 0.6 is 27.7 Å². The summed E-state index contributed by atoms with van der Waals surface area (Å²) in [4.78, 5) is 12.4. The van der Waals surface area contributed by atoms with Gasteiger partial charge in [-0.05, 0) is 45.4 Å². The number of nitrogens with one attached hydrogen (secondary N) is 2. The molecule has 2 aromatic rings. The topological polar surface area (TPSA) is 62.7 Å². The van der Waals surface area contributed by atoms with E-state index in [2.05, 4.69) is 57.4 Å². The Balaban J connectivity index is 2.13. The predicted octanol–water partition coefficient (Wildman–Crippen LogP) is 2.52. The van der Waals surface area contributed by atoms with E-state index in [0.29, 0.717) is 11.2 Å². The van der Waals surface area contributed by atoms with E-state index in [1.54, 1.807) is 7.05 Å². The minimum atomic E-state index is -0.207. The molecule has 0 radical (unpaired) electrons. The van der Waals surface area contributed by atoms with E-state index in [9.17, 15) is 4.79 Å². The molecule has 7 heteroatoms. The minimum Gasteiger partial charge on any atom is -0.310 e. The summed E-state index contributed by atoms with van der Waals surface area (Å²) in [7, 11) is 1.70. The first-order valence-corrected chi connectivity index (χ1v) is 7.89. The molecule has 0 unspecified atom stereocenters. The van der Waals surface area contributed by atoms with E-state index in [1.807, 2.05) is 6.07 Å². The van der Waals surface area contributed by atoms with Crippen LogP contribution in [-0.2, 0) is 13.6 Å². The number of hydrogen-bond donors (Lipinski definition) is 2. The van der Waals surface area contributed by atoms with Crippen LogP contribution in [0.25, 0.3) is 0 Å². The molecular formula is C13H17BrN4OS. The molecule has 20 heavy (non-hydrogen) atoms. The van der Waals surface area contributed by atoms with Crippen molar-refractivity contribution in [3.8, 4) is 0 Å². The first kappa shape index (κ1) is 15.3. The molecule has 1 heterocycles. The van der Waals surface area contributed by atoms with Crippen molar-refractivity contribution >= 4 is 27.7 Å². The Hall–Kier alpha value is -1.05. The summed E-state index contributed by atoms with van der Waals surface area (Å²) in [5, 5.41) is 10.4. The largest absolute Gasteiger partial charge is 0.343 e. The Morgan fingerprint density at radius 2 is 2.25 bits per heavy atom. The average Bonchev–Trinajstić information content (AvgIpc) is 2.71. The summed E-state index contributed by atoms with van der Waals surface area (Å²) in [6.45, 7) is 5.08. The zero-order chi connectivity index (χ0) is 14.7. The lowest BCUT2D eigenvalue weighted by Crippen LogP contribution is -2.21. The van der Waals surface area contributed by atoms with Crippen molar-refractivity contribution < 1.29 is 0 Å². The summed E-state index contributed by atoms with van der Waals surface area (Å²) in [5.41, 5.74) is 1.01. The monoisotopic (exact) mass is 356 g/mol. The third kappa shape index (κ3) is 3.74. The Kier molecular flexibility index (Phi) is 5.06. The van der Waals surface area contributed by atoms with Crippen LogP contribution in [0, 0.1) is 0 Å². The van der Waals surface area contributed by atoms with Gasteiger partial charge in [-0.25, -0.2) is 9.89 Å². The summed E-state index contributed by atoms with van der Waals surface area (Å²) < 4.78 is 2.49. The van der Waals surface area contributed by atoms with Gasteiger partial charge in [-0.2, -0.15) is 0 Å². The van der Waals surface area contributed by atoms with Gasteiger partial charge in [0.2, 0.25) is 0 Å². The van der Waals surface area contributed by atoms with Crippen molar-refractivity contribution in [2.75, 3.05) is 0 Å². The van der Waals surface area contributed by atoms with Crippen LogP contribution in [0.5, 0.6) is 0 Å². The maximum absolute atomic E-state index is 11.3. The highest BCUT2D eigenvalue weighted by Crippen LogP contribution is 2.32. The molecule has 0 amide bonds. The molecule has 0 spiro atoms. The summed E-state index contributed by atoms with van der Waals surface area (Å²) in [5.74, 6) is 0. The maximum atomic E-state index is 11.3. The lowest BCUT2D eigenvalue weighted by molar-refractivity contribution is 0.588. The second kappa shape index (κ2) is 6.60. The molecule has 0 aliphatic heterocycles. The van der Waals surface area contributed by atoms with Crippen LogP contribution in [-0.4, -0.2) is 20.8 Å². The zero-order valence-corrected chi connectivity index (χ0v) is 14.0. The van der Waals surface area contributed by atoms with Gasteiger partial charge >= 0.3 is 5.69 Å². The van der Waals surface area contributed by atoms with E-state index in [1.165, 1.54) is 21.9 Å². The summed E-state index contributed by atoms with van der Waals surface area (Å²) >= 11 is 5.02. The molecule has 2 N–H and O–H groups in total. The van der Waals surface area contributed by atoms with Gasteiger partial charge in [0.05, 0.1) is 0 Å². The van der Waals surface area contributed by atoms with Gasteiger partial charge in [0.25, 0.3) is 0 Å². The number of aromatic amines is 1. The smallest absolute Gasteiger partial charge is 0.310 e. The molecule has 1 aromatic carbocycles. The Bertz CT molecular complexity index is 650. The normalized spacial score (nSPS) is 11.2. The molecule has 108 valence electrons. The third-order valence-electron chi connectivity index (χ3n) is 2.75. The number of benzene rings is 1. The van der Waals surface area contributed by atoms with E-state index in [0.717, 1.165) is 15.9 Å². The number of aromatic nitrogens is 3. The van der Waals surface area contributed by atoms with E-state index >= 15 is 0 Å². The minimum absolute atomic E-state index is 0.207. The molecular weight excluding hydrogens is 340 g/mol. The first-order chi connectivity index (χ1) is 9.47. The second-order valence-electron chi connectivity index (χ2n) is 4.77. The van der Waals surface area contributed by atoms with Crippen molar-refractivity contribution in [2.24, 2.45) is 7.05 Å². The Morgan fingerprint density at radius 3 is 2.80 bits per heavy atom.